The van der Waals surface area contributed by atoms with Gasteiger partial charge >= 0.3 is 18.2 Å². The number of carbonyl (C=O) groups is 1. The van der Waals surface area contributed by atoms with Crippen LogP contribution >= 0.6 is 0 Å². The normalized spacial score (nSPS) is 19.3. The quantitative estimate of drug-likeness (QED) is 0.662. The highest BCUT2D eigenvalue weighted by atomic mass is 19.4. The Morgan fingerprint density at radius 2 is 1.72 bits per heavy atom. The molecule has 1 aromatic heterocycles. The van der Waals surface area contributed by atoms with Crippen LogP contribution in [-0.4, -0.2) is 58.4 Å². The van der Waals surface area contributed by atoms with Crippen molar-refractivity contribution in [2.75, 3.05) is 26.2 Å². The van der Waals surface area contributed by atoms with Crippen molar-refractivity contribution in [3.63, 3.8) is 0 Å². The molecule has 2 heterocycles. The summed E-state index contributed by atoms with van der Waals surface area (Å²) >= 11 is 0. The van der Waals surface area contributed by atoms with Gasteiger partial charge in [-0.2, -0.15) is 13.2 Å². The Bertz CT molecular complexity index is 920. The van der Waals surface area contributed by atoms with Gasteiger partial charge in [0.05, 0.1) is 17.6 Å². The molecule has 4 rings (SSSR count). The molecule has 0 amide bonds. The van der Waals surface area contributed by atoms with Crippen LogP contribution in [0.1, 0.15) is 42.5 Å². The van der Waals surface area contributed by atoms with Gasteiger partial charge in [0.25, 0.3) is 0 Å². The van der Waals surface area contributed by atoms with Gasteiger partial charge in [0.1, 0.15) is 0 Å². The maximum absolute atomic E-state index is 13.4. The van der Waals surface area contributed by atoms with Gasteiger partial charge in [0, 0.05) is 24.5 Å². The van der Waals surface area contributed by atoms with Crippen LogP contribution in [0.25, 0.3) is 11.1 Å². The maximum Gasteiger partial charge on any atom is 0.395 e. The van der Waals surface area contributed by atoms with Gasteiger partial charge < -0.3 is 14.7 Å². The number of piperidine rings is 1. The van der Waals surface area contributed by atoms with Gasteiger partial charge in [-0.15, -0.1) is 0 Å². The molecule has 0 unspecified atom stereocenters. The second-order valence-electron chi connectivity index (χ2n) is 8.80. The highest BCUT2D eigenvalue weighted by Gasteiger charge is 2.58. The standard InChI is InChI=1S/C23H26F3N3O3/c24-23(25,26)22(8-1-9-22)15-29-10-6-16(7-11-29)14-32-21-27-12-19(13-28-21)17-2-4-18(5-3-17)20(30)31/h2-5,12-13,16H,1,6-11,14-15H2,(H,30,31). The zero-order chi connectivity index (χ0) is 22.8. The first-order valence-electron chi connectivity index (χ1n) is 10.8. The van der Waals surface area contributed by atoms with E-state index in [9.17, 15) is 18.0 Å². The molecule has 1 aliphatic carbocycles. The van der Waals surface area contributed by atoms with Gasteiger partial charge in [-0.25, -0.2) is 14.8 Å². The van der Waals surface area contributed by atoms with E-state index >= 15 is 0 Å². The Morgan fingerprint density at radius 3 is 2.22 bits per heavy atom. The Balaban J connectivity index is 1.24. The van der Waals surface area contributed by atoms with Crippen molar-refractivity contribution in [3.8, 4) is 17.1 Å². The smallest absolute Gasteiger partial charge is 0.395 e. The molecule has 1 N–H and O–H groups in total. The lowest BCUT2D eigenvalue weighted by Crippen LogP contribution is -2.53. The fraction of sp³-hybridized carbons (Fsp3) is 0.522. The second-order valence-corrected chi connectivity index (χ2v) is 8.80. The van der Waals surface area contributed by atoms with E-state index in [0.29, 0.717) is 26.1 Å². The summed E-state index contributed by atoms with van der Waals surface area (Å²) < 4.78 is 45.9. The molecule has 1 saturated carbocycles. The fourth-order valence-corrected chi connectivity index (χ4v) is 4.41. The van der Waals surface area contributed by atoms with Crippen molar-refractivity contribution >= 4 is 5.97 Å². The molecule has 172 valence electrons. The molecule has 2 aliphatic rings. The molecule has 0 atom stereocenters. The molecule has 6 nitrogen and oxygen atoms in total. The summed E-state index contributed by atoms with van der Waals surface area (Å²) in [6.45, 7) is 1.85. The molecule has 2 aromatic rings. The van der Waals surface area contributed by atoms with E-state index < -0.39 is 17.6 Å². The minimum Gasteiger partial charge on any atom is -0.478 e. The third-order valence-electron chi connectivity index (χ3n) is 6.69. The Labute approximate surface area is 184 Å². The van der Waals surface area contributed by atoms with Crippen molar-refractivity contribution in [2.24, 2.45) is 11.3 Å². The number of hydrogen-bond donors (Lipinski definition) is 1. The maximum atomic E-state index is 13.4. The molecule has 32 heavy (non-hydrogen) atoms. The second kappa shape index (κ2) is 9.05. The number of alkyl halides is 3. The molecule has 9 heteroatoms. The van der Waals surface area contributed by atoms with Gasteiger partial charge in [-0.05, 0) is 62.4 Å². The molecule has 0 spiro atoms. The van der Waals surface area contributed by atoms with Crippen LogP contribution in [0.4, 0.5) is 13.2 Å². The van der Waals surface area contributed by atoms with Gasteiger partial charge in [0.2, 0.25) is 0 Å². The third-order valence-corrected chi connectivity index (χ3v) is 6.69. The summed E-state index contributed by atoms with van der Waals surface area (Å²) in [7, 11) is 0. The minimum absolute atomic E-state index is 0.113. The predicted molar refractivity (Wildman–Crippen MR) is 111 cm³/mol. The lowest BCUT2D eigenvalue weighted by molar-refractivity contribution is -0.256. The SMILES string of the molecule is O=C(O)c1ccc(-c2cnc(OCC3CCN(CC4(C(F)(F)F)CCC4)CC3)nc2)cc1. The average Bonchev–Trinajstić information content (AvgIpc) is 2.75. The zero-order valence-electron chi connectivity index (χ0n) is 17.6. The summed E-state index contributed by atoms with van der Waals surface area (Å²) in [5.41, 5.74) is 0.260. The van der Waals surface area contributed by atoms with Crippen LogP contribution in [0.3, 0.4) is 0 Å². The first-order chi connectivity index (χ1) is 15.3. The van der Waals surface area contributed by atoms with Crippen molar-refractivity contribution in [1.29, 1.82) is 0 Å². The summed E-state index contributed by atoms with van der Waals surface area (Å²) in [4.78, 5) is 21.3. The molecule has 1 aromatic carbocycles. The van der Waals surface area contributed by atoms with Crippen molar-refractivity contribution < 1.29 is 27.8 Å². The van der Waals surface area contributed by atoms with E-state index in [2.05, 4.69) is 9.97 Å². The largest absolute Gasteiger partial charge is 0.478 e. The summed E-state index contributed by atoms with van der Waals surface area (Å²) in [5, 5.41) is 8.97. The molecule has 2 fully saturated rings. The first kappa shape index (κ1) is 22.5. The number of aromatic nitrogens is 2. The molecule has 1 aliphatic heterocycles. The fourth-order valence-electron chi connectivity index (χ4n) is 4.41. The van der Waals surface area contributed by atoms with Crippen LogP contribution in [0, 0.1) is 11.3 Å². The van der Waals surface area contributed by atoms with Crippen LogP contribution in [0.15, 0.2) is 36.7 Å². The number of halogens is 3. The third kappa shape index (κ3) is 4.87. The summed E-state index contributed by atoms with van der Waals surface area (Å²) in [5.74, 6) is -0.716. The van der Waals surface area contributed by atoms with Crippen LogP contribution in [0.5, 0.6) is 6.01 Å². The van der Waals surface area contributed by atoms with E-state index in [0.717, 1.165) is 24.0 Å². The lowest BCUT2D eigenvalue weighted by atomic mass is 9.67. The number of rotatable bonds is 7. The predicted octanol–water partition coefficient (Wildman–Crippen LogP) is 4.67. The highest BCUT2D eigenvalue weighted by Crippen LogP contribution is 2.53. The van der Waals surface area contributed by atoms with Crippen molar-refractivity contribution in [2.45, 2.75) is 38.3 Å². The molecular weight excluding hydrogens is 423 g/mol. The minimum atomic E-state index is -4.12. The van der Waals surface area contributed by atoms with Crippen molar-refractivity contribution in [1.82, 2.24) is 14.9 Å². The van der Waals surface area contributed by atoms with E-state index in [1.807, 2.05) is 4.90 Å². The van der Waals surface area contributed by atoms with Gasteiger partial charge in [-0.1, -0.05) is 18.6 Å². The number of benzene rings is 1. The van der Waals surface area contributed by atoms with E-state index in [1.54, 1.807) is 24.5 Å². The van der Waals surface area contributed by atoms with Crippen LogP contribution in [0.2, 0.25) is 0 Å². The number of carboxylic acid groups (broad SMARTS) is 1. The molecule has 0 radical (unpaired) electrons. The molecule has 1 saturated heterocycles. The number of ether oxygens (including phenoxy) is 1. The van der Waals surface area contributed by atoms with Crippen molar-refractivity contribution in [3.05, 3.63) is 42.2 Å². The number of aromatic carboxylic acids is 1. The number of carboxylic acids is 1. The number of hydrogen-bond acceptors (Lipinski definition) is 5. The Kier molecular flexibility index (Phi) is 6.37. The Morgan fingerprint density at radius 1 is 1.09 bits per heavy atom. The van der Waals surface area contributed by atoms with Gasteiger partial charge in [0.15, 0.2) is 0 Å². The first-order valence-corrected chi connectivity index (χ1v) is 10.8. The topological polar surface area (TPSA) is 75.6 Å². The van der Waals surface area contributed by atoms with Crippen LogP contribution in [-0.2, 0) is 0 Å². The molecule has 0 bridgehead atoms. The number of nitrogens with zero attached hydrogens (tertiary/aromatic N) is 3. The average molecular weight is 449 g/mol. The van der Waals surface area contributed by atoms with E-state index in [-0.39, 0.29) is 36.9 Å². The lowest BCUT2D eigenvalue weighted by Gasteiger charge is -2.47. The van der Waals surface area contributed by atoms with Gasteiger partial charge in [-0.3, -0.25) is 0 Å². The molecular formula is C23H26F3N3O3. The summed E-state index contributed by atoms with van der Waals surface area (Å²) in [6.07, 6.45) is 1.87. The zero-order valence-corrected chi connectivity index (χ0v) is 17.6. The van der Waals surface area contributed by atoms with E-state index in [1.165, 1.54) is 12.1 Å². The van der Waals surface area contributed by atoms with E-state index in [4.69, 9.17) is 9.84 Å². The highest BCUT2D eigenvalue weighted by molar-refractivity contribution is 5.88. The number of likely N-dealkylation sites (tertiary alicyclic amines) is 1. The van der Waals surface area contributed by atoms with Crippen LogP contribution < -0.4 is 4.74 Å². The monoisotopic (exact) mass is 449 g/mol. The Hall–Kier alpha value is -2.68. The summed E-state index contributed by atoms with van der Waals surface area (Å²) in [6, 6.07) is 6.70.